The number of nitrogens with zero attached hydrogens (tertiary/aromatic N) is 2. The molecule has 1 N–H and O–H groups in total. The van der Waals surface area contributed by atoms with Crippen molar-refractivity contribution in [1.29, 1.82) is 0 Å². The van der Waals surface area contributed by atoms with Crippen molar-refractivity contribution in [3.63, 3.8) is 0 Å². The monoisotopic (exact) mass is 293 g/mol. The lowest BCUT2D eigenvalue weighted by Crippen LogP contribution is -2.37. The molecule has 1 amide bonds. The summed E-state index contributed by atoms with van der Waals surface area (Å²) in [7, 11) is 0. The molecule has 0 bridgehead atoms. The van der Waals surface area contributed by atoms with Crippen LogP contribution in [-0.2, 0) is 4.79 Å². The number of carbonyl (C=O) groups is 2. The summed E-state index contributed by atoms with van der Waals surface area (Å²) in [6, 6.07) is 4.29. The van der Waals surface area contributed by atoms with Crippen LogP contribution in [0.4, 0.5) is 11.4 Å². The van der Waals surface area contributed by atoms with Gasteiger partial charge in [0.15, 0.2) is 5.78 Å². The second-order valence-electron chi connectivity index (χ2n) is 4.48. The van der Waals surface area contributed by atoms with E-state index in [4.69, 9.17) is 0 Å². The molecule has 7 heteroatoms. The highest BCUT2D eigenvalue weighted by Crippen LogP contribution is 2.29. The molecular weight excluding hydrogens is 274 g/mol. The van der Waals surface area contributed by atoms with E-state index in [1.54, 1.807) is 11.8 Å². The Morgan fingerprint density at radius 2 is 2.00 bits per heavy atom. The maximum Gasteiger partial charge on any atom is 0.293 e. The summed E-state index contributed by atoms with van der Waals surface area (Å²) in [5.74, 6) is -0.444. The second-order valence-corrected chi connectivity index (χ2v) is 4.48. The van der Waals surface area contributed by atoms with E-state index in [-0.39, 0.29) is 29.5 Å². The summed E-state index contributed by atoms with van der Waals surface area (Å²) in [5.41, 5.74) is 0.437. The number of nitrogens with one attached hydrogen (secondary N) is 1. The van der Waals surface area contributed by atoms with Crippen molar-refractivity contribution < 1.29 is 14.5 Å². The van der Waals surface area contributed by atoms with E-state index in [1.807, 2.05) is 6.92 Å². The summed E-state index contributed by atoms with van der Waals surface area (Å²) in [5, 5.41) is 13.8. The van der Waals surface area contributed by atoms with E-state index in [9.17, 15) is 19.7 Å². The molecule has 0 atom stereocenters. The Bertz CT molecular complexity index is 557. The van der Waals surface area contributed by atoms with Gasteiger partial charge in [-0.3, -0.25) is 19.7 Å². The third-order valence-corrected chi connectivity index (χ3v) is 3.01. The fourth-order valence-electron chi connectivity index (χ4n) is 1.95. The third-order valence-electron chi connectivity index (χ3n) is 3.01. The summed E-state index contributed by atoms with van der Waals surface area (Å²) < 4.78 is 0. The molecule has 0 radical (unpaired) electrons. The molecule has 1 aromatic rings. The minimum Gasteiger partial charge on any atom is -0.357 e. The molecule has 0 saturated heterocycles. The maximum atomic E-state index is 11.7. The topological polar surface area (TPSA) is 92.6 Å². The van der Waals surface area contributed by atoms with Crippen molar-refractivity contribution >= 4 is 23.1 Å². The summed E-state index contributed by atoms with van der Waals surface area (Å²) >= 11 is 0. The number of nitro groups is 1. The third kappa shape index (κ3) is 4.27. The molecular formula is C14H19N3O4. The molecule has 1 rings (SSSR count). The largest absolute Gasteiger partial charge is 0.357 e. The lowest BCUT2D eigenvalue weighted by molar-refractivity contribution is -0.384. The normalized spacial score (nSPS) is 10.0. The first-order valence-electron chi connectivity index (χ1n) is 6.71. The van der Waals surface area contributed by atoms with Crippen LogP contribution in [0.25, 0.3) is 0 Å². The van der Waals surface area contributed by atoms with Crippen LogP contribution in [0.2, 0.25) is 0 Å². The van der Waals surface area contributed by atoms with Crippen molar-refractivity contribution in [3.8, 4) is 0 Å². The van der Waals surface area contributed by atoms with E-state index in [1.165, 1.54) is 25.1 Å². The number of likely N-dealkylation sites (N-methyl/N-ethyl adjacent to an activating group) is 2. The number of ketones is 1. The molecule has 0 aliphatic rings. The number of anilines is 1. The molecule has 1 aromatic carbocycles. The first-order valence-corrected chi connectivity index (χ1v) is 6.71. The number of rotatable bonds is 7. The first kappa shape index (κ1) is 16.6. The fourth-order valence-corrected chi connectivity index (χ4v) is 1.95. The lowest BCUT2D eigenvalue weighted by atomic mass is 10.1. The van der Waals surface area contributed by atoms with Crippen molar-refractivity contribution in [3.05, 3.63) is 33.9 Å². The molecule has 114 valence electrons. The first-order chi connectivity index (χ1) is 9.90. The Kier molecular flexibility index (Phi) is 5.83. The number of Topliss-reactive ketones (excluding diaryl/α,β-unsaturated/α-hetero) is 1. The minimum atomic E-state index is -0.540. The predicted molar refractivity (Wildman–Crippen MR) is 79.7 cm³/mol. The zero-order valence-corrected chi connectivity index (χ0v) is 12.4. The number of nitro benzene ring substituents is 1. The molecule has 7 nitrogen and oxygen atoms in total. The van der Waals surface area contributed by atoms with Gasteiger partial charge in [-0.15, -0.1) is 0 Å². The Hall–Kier alpha value is -2.44. The average molecular weight is 293 g/mol. The van der Waals surface area contributed by atoms with Gasteiger partial charge in [-0.2, -0.15) is 0 Å². The van der Waals surface area contributed by atoms with Crippen molar-refractivity contribution in [2.24, 2.45) is 0 Å². The molecule has 0 aromatic heterocycles. The predicted octanol–water partition coefficient (Wildman–Crippen LogP) is 1.76. The standard InChI is InChI=1S/C14H19N3O4/c1-4-15-14(19)9-16(5-2)12-7-6-11(10(3)18)8-13(12)17(20)21/h6-8H,4-5,9H2,1-3H3,(H,15,19). The maximum absolute atomic E-state index is 11.7. The van der Waals surface area contributed by atoms with Crippen LogP contribution in [0.3, 0.4) is 0 Å². The van der Waals surface area contributed by atoms with Gasteiger partial charge in [-0.1, -0.05) is 0 Å². The van der Waals surface area contributed by atoms with Gasteiger partial charge in [-0.25, -0.2) is 0 Å². The summed E-state index contributed by atoms with van der Waals surface area (Å²) in [4.78, 5) is 35.3. The van der Waals surface area contributed by atoms with Crippen LogP contribution < -0.4 is 10.2 Å². The van der Waals surface area contributed by atoms with Gasteiger partial charge in [0, 0.05) is 24.7 Å². The van der Waals surface area contributed by atoms with Crippen LogP contribution in [0.15, 0.2) is 18.2 Å². The highest BCUT2D eigenvalue weighted by atomic mass is 16.6. The number of carbonyl (C=O) groups excluding carboxylic acids is 2. The number of hydrogen-bond acceptors (Lipinski definition) is 5. The van der Waals surface area contributed by atoms with E-state index >= 15 is 0 Å². The van der Waals surface area contributed by atoms with Gasteiger partial charge in [0.05, 0.1) is 11.5 Å². The van der Waals surface area contributed by atoms with Crippen molar-refractivity contribution in [2.45, 2.75) is 20.8 Å². The van der Waals surface area contributed by atoms with Crippen LogP contribution in [0.1, 0.15) is 31.1 Å². The summed E-state index contributed by atoms with van der Waals surface area (Å²) in [6.07, 6.45) is 0. The lowest BCUT2D eigenvalue weighted by Gasteiger charge is -2.22. The van der Waals surface area contributed by atoms with Gasteiger partial charge in [0.1, 0.15) is 5.69 Å². The molecule has 0 aliphatic carbocycles. The van der Waals surface area contributed by atoms with E-state index in [0.29, 0.717) is 18.8 Å². The molecule has 21 heavy (non-hydrogen) atoms. The van der Waals surface area contributed by atoms with Crippen LogP contribution in [0, 0.1) is 10.1 Å². The Morgan fingerprint density at radius 3 is 2.48 bits per heavy atom. The smallest absolute Gasteiger partial charge is 0.293 e. The van der Waals surface area contributed by atoms with Crippen molar-refractivity contribution in [1.82, 2.24) is 5.32 Å². The van der Waals surface area contributed by atoms with Gasteiger partial charge >= 0.3 is 0 Å². The highest BCUT2D eigenvalue weighted by Gasteiger charge is 2.21. The molecule has 0 unspecified atom stereocenters. The second kappa shape index (κ2) is 7.37. The van der Waals surface area contributed by atoms with E-state index in [0.717, 1.165) is 0 Å². The zero-order valence-electron chi connectivity index (χ0n) is 12.4. The minimum absolute atomic E-state index is 0.0323. The molecule has 0 spiro atoms. The Labute approximate surface area is 123 Å². The summed E-state index contributed by atoms with van der Waals surface area (Å²) in [6.45, 7) is 5.94. The Morgan fingerprint density at radius 1 is 1.33 bits per heavy atom. The quantitative estimate of drug-likeness (QED) is 0.470. The zero-order chi connectivity index (χ0) is 16.0. The van der Waals surface area contributed by atoms with Crippen LogP contribution in [-0.4, -0.2) is 36.2 Å². The number of benzene rings is 1. The number of hydrogen-bond donors (Lipinski definition) is 1. The molecule has 0 saturated carbocycles. The average Bonchev–Trinajstić information content (AvgIpc) is 2.44. The van der Waals surface area contributed by atoms with Gasteiger partial charge < -0.3 is 10.2 Å². The van der Waals surface area contributed by atoms with Gasteiger partial charge in [0.2, 0.25) is 5.91 Å². The SMILES string of the molecule is CCNC(=O)CN(CC)c1ccc(C(C)=O)cc1[N+](=O)[O-]. The molecule has 0 heterocycles. The van der Waals surface area contributed by atoms with Crippen LogP contribution in [0.5, 0.6) is 0 Å². The van der Waals surface area contributed by atoms with E-state index < -0.39 is 4.92 Å². The molecule has 0 fully saturated rings. The fraction of sp³-hybridized carbons (Fsp3) is 0.429. The Balaban J connectivity index is 3.16. The van der Waals surface area contributed by atoms with Crippen LogP contribution >= 0.6 is 0 Å². The van der Waals surface area contributed by atoms with E-state index in [2.05, 4.69) is 5.32 Å². The van der Waals surface area contributed by atoms with Gasteiger partial charge in [-0.05, 0) is 32.9 Å². The number of amides is 1. The molecule has 0 aliphatic heterocycles. The van der Waals surface area contributed by atoms with Gasteiger partial charge in [0.25, 0.3) is 5.69 Å². The van der Waals surface area contributed by atoms with Crippen molar-refractivity contribution in [2.75, 3.05) is 24.5 Å². The highest BCUT2D eigenvalue weighted by molar-refractivity contribution is 5.95.